The van der Waals surface area contributed by atoms with Crippen molar-refractivity contribution >= 4 is 33.2 Å². The highest BCUT2D eigenvalue weighted by Crippen LogP contribution is 2.58. The van der Waals surface area contributed by atoms with Gasteiger partial charge in [0.2, 0.25) is 12.7 Å². The maximum absolute atomic E-state index is 15.5. The van der Waals surface area contributed by atoms with Gasteiger partial charge in [0.1, 0.15) is 12.0 Å². The number of methoxy groups -OCH3 is 1. The van der Waals surface area contributed by atoms with Gasteiger partial charge < -0.3 is 23.5 Å². The zero-order chi connectivity index (χ0) is 31.5. The summed E-state index contributed by atoms with van der Waals surface area (Å²) in [5.74, 6) is 1.08. The second-order valence-electron chi connectivity index (χ2n) is 11.5. The molecule has 13 heteroatoms. The van der Waals surface area contributed by atoms with Gasteiger partial charge in [0.25, 0.3) is 15.9 Å². The maximum Gasteiger partial charge on any atom is 0.271 e. The molecule has 3 aromatic carbocycles. The van der Waals surface area contributed by atoms with Crippen molar-refractivity contribution in [2.45, 2.75) is 35.9 Å². The minimum Gasteiger partial charge on any atom is -0.497 e. The molecule has 7 rings (SSSR count). The molecule has 11 nitrogen and oxygen atoms in total. The molecule has 3 aliphatic heterocycles. The van der Waals surface area contributed by atoms with E-state index in [1.165, 1.54) is 25.5 Å². The third kappa shape index (κ3) is 4.58. The Morgan fingerprint density at radius 2 is 1.89 bits per heavy atom. The summed E-state index contributed by atoms with van der Waals surface area (Å²) in [7, 11) is 0.959. The van der Waals surface area contributed by atoms with Crippen LogP contribution in [0, 0.1) is 0 Å². The van der Waals surface area contributed by atoms with Gasteiger partial charge in [0.05, 0.1) is 29.9 Å². The van der Waals surface area contributed by atoms with Crippen LogP contribution in [0.2, 0.25) is 5.02 Å². The Kier molecular flexibility index (Phi) is 7.27. The number of sulfonamides is 1. The van der Waals surface area contributed by atoms with Crippen molar-refractivity contribution in [1.82, 2.24) is 14.8 Å². The molecule has 1 fully saturated rings. The lowest BCUT2D eigenvalue weighted by molar-refractivity contribution is -0.127. The molecule has 2 atom stereocenters. The second kappa shape index (κ2) is 11.1. The molecule has 4 aromatic rings. The molecule has 1 aromatic heterocycles. The smallest absolute Gasteiger partial charge is 0.271 e. The van der Waals surface area contributed by atoms with Crippen LogP contribution in [0.15, 0.2) is 76.4 Å². The summed E-state index contributed by atoms with van der Waals surface area (Å²) in [6.07, 6.45) is 4.40. The third-order valence-corrected chi connectivity index (χ3v) is 10.4. The van der Waals surface area contributed by atoms with E-state index in [1.54, 1.807) is 36.5 Å². The molecule has 1 unspecified atom stereocenters. The highest BCUT2D eigenvalue weighted by atomic mass is 35.5. The van der Waals surface area contributed by atoms with Gasteiger partial charge in [-0.3, -0.25) is 9.69 Å². The number of likely N-dealkylation sites (tertiary alicyclic amines) is 1. The summed E-state index contributed by atoms with van der Waals surface area (Å²) >= 11 is 6.65. The van der Waals surface area contributed by atoms with Crippen LogP contribution < -0.4 is 18.5 Å². The number of halogens is 1. The minimum atomic E-state index is -4.42. The number of oxazole rings is 1. The molecule has 0 saturated carbocycles. The fraction of sp³-hybridized carbons (Fsp3) is 0.312. The summed E-state index contributed by atoms with van der Waals surface area (Å²) in [5, 5.41) is 0.347. The Morgan fingerprint density at radius 3 is 2.60 bits per heavy atom. The molecule has 0 aliphatic carbocycles. The van der Waals surface area contributed by atoms with Crippen molar-refractivity contribution in [1.29, 1.82) is 0 Å². The molecule has 0 bridgehead atoms. The Bertz CT molecular complexity index is 1880. The summed E-state index contributed by atoms with van der Waals surface area (Å²) in [4.78, 5) is 23.8. The average molecular weight is 651 g/mol. The Morgan fingerprint density at radius 1 is 1.09 bits per heavy atom. The van der Waals surface area contributed by atoms with Gasteiger partial charge in [-0.2, -0.15) is 0 Å². The highest BCUT2D eigenvalue weighted by molar-refractivity contribution is 7.93. The molecular formula is C32H31ClN4O7S. The predicted octanol–water partition coefficient (Wildman–Crippen LogP) is 4.94. The number of amides is 1. The summed E-state index contributed by atoms with van der Waals surface area (Å²) in [5.41, 5.74) is 0.237. The number of anilines is 1. The van der Waals surface area contributed by atoms with Crippen molar-refractivity contribution < 1.29 is 31.8 Å². The Labute approximate surface area is 265 Å². The zero-order valence-electron chi connectivity index (χ0n) is 24.9. The van der Waals surface area contributed by atoms with Crippen molar-refractivity contribution in [3.63, 3.8) is 0 Å². The summed E-state index contributed by atoms with van der Waals surface area (Å²) < 4.78 is 52.9. The van der Waals surface area contributed by atoms with Gasteiger partial charge in [-0.25, -0.2) is 17.7 Å². The lowest BCUT2D eigenvalue weighted by atomic mass is 9.80. The molecule has 4 heterocycles. The Hall–Kier alpha value is -4.10. The third-order valence-electron chi connectivity index (χ3n) is 8.50. The molecule has 1 saturated heterocycles. The van der Waals surface area contributed by atoms with Gasteiger partial charge >= 0.3 is 0 Å². The fourth-order valence-electron chi connectivity index (χ4n) is 6.75. The number of fused-ring (bicyclic) bond motifs is 2. The van der Waals surface area contributed by atoms with E-state index in [0.717, 1.165) is 9.87 Å². The van der Waals surface area contributed by atoms with Gasteiger partial charge in [0, 0.05) is 29.2 Å². The molecule has 1 amide bonds. The average Bonchev–Trinajstić information content (AvgIpc) is 3.82. The van der Waals surface area contributed by atoms with E-state index < -0.39 is 27.5 Å². The van der Waals surface area contributed by atoms with E-state index in [2.05, 4.69) is 4.98 Å². The SMILES string of the molecule is COc1ccc(S(=O)(=O)N2C(=O)C(c3cc(CN(C)C)cc4c3OCO4)(N3CCC[C@H]3c3ncco3)c3cc(Cl)ccc32)cc1. The van der Waals surface area contributed by atoms with E-state index in [9.17, 15) is 8.42 Å². The van der Waals surface area contributed by atoms with Crippen LogP contribution >= 0.6 is 11.6 Å². The van der Waals surface area contributed by atoms with E-state index in [-0.39, 0.29) is 17.4 Å². The highest BCUT2D eigenvalue weighted by Gasteiger charge is 2.63. The normalized spacial score (nSPS) is 21.1. The van der Waals surface area contributed by atoms with E-state index >= 15 is 4.79 Å². The summed E-state index contributed by atoms with van der Waals surface area (Å²) in [6.45, 7) is 0.930. The molecule has 0 radical (unpaired) electrons. The van der Waals surface area contributed by atoms with Crippen molar-refractivity contribution in [3.05, 3.63) is 94.7 Å². The monoisotopic (exact) mass is 650 g/mol. The molecule has 0 spiro atoms. The zero-order valence-corrected chi connectivity index (χ0v) is 26.5. The van der Waals surface area contributed by atoms with E-state index in [0.29, 0.717) is 65.2 Å². The molecule has 0 N–H and O–H groups in total. The van der Waals surface area contributed by atoms with Crippen LogP contribution in [-0.2, 0) is 26.9 Å². The van der Waals surface area contributed by atoms with Crippen LogP contribution in [0.1, 0.15) is 41.5 Å². The number of benzene rings is 3. The van der Waals surface area contributed by atoms with Crippen LogP contribution in [0.4, 0.5) is 5.69 Å². The first-order valence-corrected chi connectivity index (χ1v) is 16.3. The summed E-state index contributed by atoms with van der Waals surface area (Å²) in [6, 6.07) is 14.1. The van der Waals surface area contributed by atoms with E-state index in [1.807, 2.05) is 36.0 Å². The molecular weight excluding hydrogens is 620 g/mol. The van der Waals surface area contributed by atoms with Crippen molar-refractivity contribution in [2.75, 3.05) is 38.8 Å². The van der Waals surface area contributed by atoms with Gasteiger partial charge in [-0.15, -0.1) is 0 Å². The number of ether oxygens (including phenoxy) is 3. The van der Waals surface area contributed by atoms with Crippen LogP contribution in [0.3, 0.4) is 0 Å². The number of hydrogen-bond donors (Lipinski definition) is 0. The topological polar surface area (TPSA) is 115 Å². The predicted molar refractivity (Wildman–Crippen MR) is 165 cm³/mol. The number of aromatic nitrogens is 1. The number of carbonyl (C=O) groups is 1. The first-order chi connectivity index (χ1) is 21.7. The van der Waals surface area contributed by atoms with Crippen molar-refractivity contribution in [3.8, 4) is 17.2 Å². The van der Waals surface area contributed by atoms with E-state index in [4.69, 9.17) is 30.2 Å². The largest absolute Gasteiger partial charge is 0.497 e. The number of hydrogen-bond acceptors (Lipinski definition) is 10. The minimum absolute atomic E-state index is 0.0442. The van der Waals surface area contributed by atoms with Gasteiger partial charge in [-0.1, -0.05) is 11.6 Å². The van der Waals surface area contributed by atoms with Gasteiger partial charge in [-0.05, 0) is 87.1 Å². The molecule has 234 valence electrons. The molecule has 3 aliphatic rings. The van der Waals surface area contributed by atoms with Crippen LogP contribution in [0.25, 0.3) is 0 Å². The fourth-order valence-corrected chi connectivity index (χ4v) is 8.38. The number of carbonyl (C=O) groups excluding carboxylic acids is 1. The number of nitrogens with zero attached hydrogens (tertiary/aromatic N) is 4. The second-order valence-corrected chi connectivity index (χ2v) is 13.7. The van der Waals surface area contributed by atoms with Crippen LogP contribution in [-0.4, -0.2) is 63.7 Å². The lowest BCUT2D eigenvalue weighted by Crippen LogP contribution is -2.54. The standard InChI is InChI=1S/C32H31ClN4O7S/c1-35(2)18-20-15-25(29-28(16-20)43-19-44-29)32(36-13-4-5-27(36)30-34-12-14-42-30)24-17-21(33)6-11-26(24)37(31(32)38)45(39,40)23-9-7-22(41-3)8-10-23/h6-12,14-17,27H,4-5,13,18-19H2,1-3H3/t27-,32?/m0/s1. The van der Waals surface area contributed by atoms with Gasteiger partial charge in [0.15, 0.2) is 17.0 Å². The van der Waals surface area contributed by atoms with Crippen molar-refractivity contribution in [2.24, 2.45) is 0 Å². The molecule has 45 heavy (non-hydrogen) atoms. The first kappa shape index (κ1) is 29.6. The van der Waals surface area contributed by atoms with Crippen LogP contribution in [0.5, 0.6) is 17.2 Å². The lowest BCUT2D eigenvalue weighted by Gasteiger charge is -2.41. The Balaban J connectivity index is 1.54. The number of rotatable bonds is 8. The quantitative estimate of drug-likeness (QED) is 0.260. The maximum atomic E-state index is 15.5. The first-order valence-electron chi connectivity index (χ1n) is 14.4.